The molecule has 0 N–H and O–H groups in total. The minimum absolute atomic E-state index is 0.0496. The van der Waals surface area contributed by atoms with Crippen LogP contribution in [0.25, 0.3) is 0 Å². The first-order valence-corrected chi connectivity index (χ1v) is 5.77. The van der Waals surface area contributed by atoms with Crippen molar-refractivity contribution in [3.63, 3.8) is 0 Å². The van der Waals surface area contributed by atoms with E-state index >= 15 is 0 Å². The van der Waals surface area contributed by atoms with E-state index in [9.17, 15) is 4.79 Å². The average Bonchev–Trinajstić information content (AvgIpc) is 2.64. The number of hydrogen-bond acceptors (Lipinski definition) is 1. The fourth-order valence-corrected chi connectivity index (χ4v) is 2.35. The molecular formula is C15H13NO. The van der Waals surface area contributed by atoms with Crippen molar-refractivity contribution in [1.82, 2.24) is 0 Å². The van der Waals surface area contributed by atoms with Crippen LogP contribution < -0.4 is 4.90 Å². The number of anilines is 2. The largest absolute Gasteiger partial charge is 0.280 e. The molecule has 17 heavy (non-hydrogen) atoms. The third kappa shape index (κ3) is 1.45. The molecule has 0 fully saturated rings. The lowest BCUT2D eigenvalue weighted by Crippen LogP contribution is -2.22. The Hall–Kier alpha value is -2.09. The SMILES string of the molecule is C[C@H]1C(=O)N(c2ccccc2)c2ccccc21. The van der Waals surface area contributed by atoms with Gasteiger partial charge in [-0.15, -0.1) is 0 Å². The van der Waals surface area contributed by atoms with Crippen molar-refractivity contribution in [1.29, 1.82) is 0 Å². The average molecular weight is 223 g/mol. The highest BCUT2D eigenvalue weighted by Crippen LogP contribution is 2.41. The van der Waals surface area contributed by atoms with E-state index in [1.165, 1.54) is 0 Å². The molecule has 1 amide bonds. The normalized spacial score (nSPS) is 18.3. The molecule has 0 unspecified atom stereocenters. The number of rotatable bonds is 1. The number of amides is 1. The first-order valence-electron chi connectivity index (χ1n) is 5.77. The molecule has 0 spiro atoms. The molecule has 0 radical (unpaired) electrons. The Balaban J connectivity index is 2.16. The van der Waals surface area contributed by atoms with E-state index in [4.69, 9.17) is 0 Å². The molecule has 0 bridgehead atoms. The molecule has 2 aromatic carbocycles. The van der Waals surface area contributed by atoms with Crippen LogP contribution in [-0.2, 0) is 4.79 Å². The lowest BCUT2D eigenvalue weighted by molar-refractivity contribution is -0.118. The molecule has 2 nitrogen and oxygen atoms in total. The van der Waals surface area contributed by atoms with Crippen LogP contribution in [0.5, 0.6) is 0 Å². The predicted octanol–water partition coefficient (Wildman–Crippen LogP) is 3.47. The van der Waals surface area contributed by atoms with Crippen molar-refractivity contribution in [2.24, 2.45) is 0 Å². The molecule has 3 rings (SSSR count). The van der Waals surface area contributed by atoms with Crippen LogP contribution in [0, 0.1) is 0 Å². The summed E-state index contributed by atoms with van der Waals surface area (Å²) in [6, 6.07) is 17.8. The van der Waals surface area contributed by atoms with Crippen LogP contribution in [0.4, 0.5) is 11.4 Å². The Bertz CT molecular complexity index is 562. The highest BCUT2D eigenvalue weighted by Gasteiger charge is 2.34. The van der Waals surface area contributed by atoms with Crippen LogP contribution in [0.1, 0.15) is 18.4 Å². The second-order valence-corrected chi connectivity index (χ2v) is 4.29. The summed E-state index contributed by atoms with van der Waals surface area (Å²) in [5, 5.41) is 0. The van der Waals surface area contributed by atoms with Crippen molar-refractivity contribution < 1.29 is 4.79 Å². The summed E-state index contributed by atoms with van der Waals surface area (Å²) in [5.74, 6) is 0.101. The first kappa shape index (κ1) is 10.1. The number of hydrogen-bond donors (Lipinski definition) is 0. The van der Waals surface area contributed by atoms with Gasteiger partial charge in [-0.2, -0.15) is 0 Å². The summed E-state index contributed by atoms with van der Waals surface area (Å²) < 4.78 is 0. The van der Waals surface area contributed by atoms with Gasteiger partial charge in [0.2, 0.25) is 5.91 Å². The zero-order chi connectivity index (χ0) is 11.8. The van der Waals surface area contributed by atoms with E-state index in [0.717, 1.165) is 16.9 Å². The molecule has 1 aliphatic heterocycles. The van der Waals surface area contributed by atoms with Gasteiger partial charge in [-0.05, 0) is 30.7 Å². The predicted molar refractivity (Wildman–Crippen MR) is 68.4 cm³/mol. The fourth-order valence-electron chi connectivity index (χ4n) is 2.35. The van der Waals surface area contributed by atoms with Crippen molar-refractivity contribution in [3.8, 4) is 0 Å². The molecule has 84 valence electrons. The molecule has 1 aliphatic rings. The second kappa shape index (κ2) is 3.74. The number of carbonyl (C=O) groups is 1. The molecule has 0 aromatic heterocycles. The molecule has 0 saturated heterocycles. The highest BCUT2D eigenvalue weighted by molar-refractivity contribution is 6.09. The minimum atomic E-state index is -0.0496. The summed E-state index contributed by atoms with van der Waals surface area (Å²) in [7, 11) is 0. The zero-order valence-corrected chi connectivity index (χ0v) is 9.63. The topological polar surface area (TPSA) is 20.3 Å². The van der Waals surface area contributed by atoms with Gasteiger partial charge in [0.1, 0.15) is 0 Å². The summed E-state index contributed by atoms with van der Waals surface area (Å²) in [4.78, 5) is 14.1. The third-order valence-electron chi connectivity index (χ3n) is 3.25. The van der Waals surface area contributed by atoms with Crippen LogP contribution >= 0.6 is 0 Å². The summed E-state index contributed by atoms with van der Waals surface area (Å²) in [6.45, 7) is 1.96. The number of para-hydroxylation sites is 2. The van der Waals surface area contributed by atoms with E-state index in [0.29, 0.717) is 0 Å². The van der Waals surface area contributed by atoms with E-state index in [-0.39, 0.29) is 11.8 Å². The van der Waals surface area contributed by atoms with Crippen molar-refractivity contribution in [2.45, 2.75) is 12.8 Å². The first-order chi connectivity index (χ1) is 8.29. The number of benzene rings is 2. The highest BCUT2D eigenvalue weighted by atomic mass is 16.2. The number of carbonyl (C=O) groups excluding carboxylic acids is 1. The van der Waals surface area contributed by atoms with Gasteiger partial charge < -0.3 is 0 Å². The smallest absolute Gasteiger partial charge is 0.238 e. The monoisotopic (exact) mass is 223 g/mol. The Labute approximate surface area is 100 Å². The second-order valence-electron chi connectivity index (χ2n) is 4.29. The van der Waals surface area contributed by atoms with Crippen LogP contribution in [-0.4, -0.2) is 5.91 Å². The van der Waals surface area contributed by atoms with Crippen LogP contribution in [0.2, 0.25) is 0 Å². The van der Waals surface area contributed by atoms with Gasteiger partial charge in [-0.1, -0.05) is 36.4 Å². The van der Waals surface area contributed by atoms with Gasteiger partial charge in [0.05, 0.1) is 11.6 Å². The Morgan fingerprint density at radius 2 is 1.59 bits per heavy atom. The lowest BCUT2D eigenvalue weighted by atomic mass is 10.0. The van der Waals surface area contributed by atoms with E-state index in [1.807, 2.05) is 61.5 Å². The van der Waals surface area contributed by atoms with Gasteiger partial charge in [0.15, 0.2) is 0 Å². The Kier molecular flexibility index (Phi) is 2.22. The maximum Gasteiger partial charge on any atom is 0.238 e. The van der Waals surface area contributed by atoms with Crippen molar-refractivity contribution >= 4 is 17.3 Å². The summed E-state index contributed by atoms with van der Waals surface area (Å²) in [5.41, 5.74) is 3.06. The summed E-state index contributed by atoms with van der Waals surface area (Å²) in [6.07, 6.45) is 0. The molecule has 1 atom stereocenters. The van der Waals surface area contributed by atoms with Crippen molar-refractivity contribution in [3.05, 3.63) is 60.2 Å². The van der Waals surface area contributed by atoms with Gasteiger partial charge in [-0.3, -0.25) is 9.69 Å². The quantitative estimate of drug-likeness (QED) is 0.725. The number of nitrogens with zero attached hydrogens (tertiary/aromatic N) is 1. The van der Waals surface area contributed by atoms with E-state index in [1.54, 1.807) is 4.90 Å². The van der Waals surface area contributed by atoms with E-state index < -0.39 is 0 Å². The molecular weight excluding hydrogens is 210 g/mol. The standard InChI is InChI=1S/C15H13NO/c1-11-13-9-5-6-10-14(13)16(15(11)17)12-7-3-2-4-8-12/h2-11H,1H3/t11-/m1/s1. The Morgan fingerprint density at radius 3 is 2.35 bits per heavy atom. The molecule has 2 aromatic rings. The molecule has 0 aliphatic carbocycles. The maximum atomic E-state index is 12.3. The lowest BCUT2D eigenvalue weighted by Gasteiger charge is -2.17. The van der Waals surface area contributed by atoms with Gasteiger partial charge >= 0.3 is 0 Å². The van der Waals surface area contributed by atoms with Crippen LogP contribution in [0.3, 0.4) is 0 Å². The van der Waals surface area contributed by atoms with Crippen molar-refractivity contribution in [2.75, 3.05) is 4.90 Å². The molecule has 1 heterocycles. The minimum Gasteiger partial charge on any atom is -0.280 e. The van der Waals surface area contributed by atoms with Gasteiger partial charge in [0.25, 0.3) is 0 Å². The number of fused-ring (bicyclic) bond motifs is 1. The maximum absolute atomic E-state index is 12.3. The third-order valence-corrected chi connectivity index (χ3v) is 3.25. The van der Waals surface area contributed by atoms with E-state index in [2.05, 4.69) is 0 Å². The fraction of sp³-hybridized carbons (Fsp3) is 0.133. The Morgan fingerprint density at radius 1 is 0.941 bits per heavy atom. The molecule has 2 heteroatoms. The molecule has 0 saturated carbocycles. The zero-order valence-electron chi connectivity index (χ0n) is 9.63. The van der Waals surface area contributed by atoms with Gasteiger partial charge in [0, 0.05) is 5.69 Å². The van der Waals surface area contributed by atoms with Gasteiger partial charge in [-0.25, -0.2) is 0 Å². The summed E-state index contributed by atoms with van der Waals surface area (Å²) >= 11 is 0. The van der Waals surface area contributed by atoms with Crippen LogP contribution in [0.15, 0.2) is 54.6 Å².